The molecule has 6 nitrogen and oxygen atoms in total. The Balaban J connectivity index is 1.96. The molecule has 2 aromatic rings. The van der Waals surface area contributed by atoms with Crippen LogP contribution in [-0.2, 0) is 14.3 Å². The quantitative estimate of drug-likeness (QED) is 0.726. The second kappa shape index (κ2) is 8.75. The standard InChI is InChI=1S/C18H14ClF3N2O4/c1-10-13(19)6-3-7-14(10)24-15(25)9-28-16(26)11-4-2-5-12(8-11)23-17(27)18(20,21)22/h2-8H,9H2,1H3,(H,23,27)(H,24,25). The van der Waals surface area contributed by atoms with E-state index >= 15 is 0 Å². The number of ether oxygens (including phenoxy) is 1. The molecule has 28 heavy (non-hydrogen) atoms. The van der Waals surface area contributed by atoms with Crippen molar-refractivity contribution in [3.63, 3.8) is 0 Å². The number of hydrogen-bond acceptors (Lipinski definition) is 4. The first kappa shape index (κ1) is 21.2. The molecule has 0 heterocycles. The molecule has 0 spiro atoms. The van der Waals surface area contributed by atoms with Crippen LogP contribution in [-0.4, -0.2) is 30.6 Å². The number of esters is 1. The SMILES string of the molecule is Cc1c(Cl)cccc1NC(=O)COC(=O)c1cccc(NC(=O)C(F)(F)F)c1. The van der Waals surface area contributed by atoms with Gasteiger partial charge in [0.25, 0.3) is 5.91 Å². The molecule has 2 rings (SSSR count). The predicted molar refractivity (Wildman–Crippen MR) is 96.2 cm³/mol. The van der Waals surface area contributed by atoms with E-state index in [0.29, 0.717) is 16.3 Å². The van der Waals surface area contributed by atoms with Gasteiger partial charge < -0.3 is 15.4 Å². The van der Waals surface area contributed by atoms with Gasteiger partial charge in [-0.1, -0.05) is 23.7 Å². The Morgan fingerprint density at radius 2 is 1.75 bits per heavy atom. The highest BCUT2D eigenvalue weighted by molar-refractivity contribution is 6.31. The molecule has 0 aromatic heterocycles. The smallest absolute Gasteiger partial charge is 0.452 e. The lowest BCUT2D eigenvalue weighted by atomic mass is 10.2. The number of hydrogen-bond donors (Lipinski definition) is 2. The van der Waals surface area contributed by atoms with E-state index in [2.05, 4.69) is 5.32 Å². The zero-order valence-corrected chi connectivity index (χ0v) is 15.1. The Morgan fingerprint density at radius 1 is 1.07 bits per heavy atom. The molecule has 10 heteroatoms. The maximum Gasteiger partial charge on any atom is 0.471 e. The van der Waals surface area contributed by atoms with Crippen LogP contribution in [0.1, 0.15) is 15.9 Å². The maximum atomic E-state index is 12.3. The zero-order valence-electron chi connectivity index (χ0n) is 14.4. The number of halogens is 4. The molecule has 2 aromatic carbocycles. The van der Waals surface area contributed by atoms with E-state index in [-0.39, 0.29) is 11.3 Å². The van der Waals surface area contributed by atoms with Gasteiger partial charge in [0.05, 0.1) is 5.56 Å². The molecule has 148 valence electrons. The Hall–Kier alpha value is -3.07. The molecule has 0 fully saturated rings. The largest absolute Gasteiger partial charge is 0.471 e. The van der Waals surface area contributed by atoms with Crippen molar-refractivity contribution in [1.29, 1.82) is 0 Å². The highest BCUT2D eigenvalue weighted by Gasteiger charge is 2.38. The minimum atomic E-state index is -5.06. The van der Waals surface area contributed by atoms with Crippen molar-refractivity contribution in [3.05, 3.63) is 58.6 Å². The summed E-state index contributed by atoms with van der Waals surface area (Å²) in [6.07, 6.45) is -5.06. The molecule has 0 atom stereocenters. The van der Waals surface area contributed by atoms with Crippen molar-refractivity contribution in [2.24, 2.45) is 0 Å². The molecule has 0 aliphatic heterocycles. The number of carbonyl (C=O) groups is 3. The number of amides is 2. The highest BCUT2D eigenvalue weighted by atomic mass is 35.5. The lowest BCUT2D eigenvalue weighted by molar-refractivity contribution is -0.167. The van der Waals surface area contributed by atoms with E-state index in [9.17, 15) is 27.6 Å². The molecule has 0 aliphatic carbocycles. The van der Waals surface area contributed by atoms with E-state index < -0.39 is 30.6 Å². The van der Waals surface area contributed by atoms with Crippen molar-refractivity contribution >= 4 is 40.8 Å². The lowest BCUT2D eigenvalue weighted by Gasteiger charge is -2.11. The second-order valence-corrected chi connectivity index (χ2v) is 5.98. The van der Waals surface area contributed by atoms with E-state index in [4.69, 9.17) is 16.3 Å². The molecule has 0 saturated carbocycles. The van der Waals surface area contributed by atoms with Gasteiger partial charge in [0.1, 0.15) is 0 Å². The van der Waals surface area contributed by atoms with Crippen LogP contribution >= 0.6 is 11.6 Å². The molecule has 0 bridgehead atoms. The van der Waals surface area contributed by atoms with Gasteiger partial charge >= 0.3 is 18.1 Å². The van der Waals surface area contributed by atoms with Crippen LogP contribution < -0.4 is 10.6 Å². The highest BCUT2D eigenvalue weighted by Crippen LogP contribution is 2.23. The molecular formula is C18H14ClF3N2O4. The van der Waals surface area contributed by atoms with Crippen LogP contribution in [0.4, 0.5) is 24.5 Å². The molecule has 0 unspecified atom stereocenters. The first-order valence-electron chi connectivity index (χ1n) is 7.78. The van der Waals surface area contributed by atoms with Gasteiger partial charge in [-0.15, -0.1) is 0 Å². The Labute approximate surface area is 162 Å². The molecule has 0 saturated heterocycles. The molecule has 0 aliphatic rings. The van der Waals surface area contributed by atoms with Gasteiger partial charge in [-0.3, -0.25) is 9.59 Å². The summed E-state index contributed by atoms with van der Waals surface area (Å²) < 4.78 is 41.7. The first-order valence-corrected chi connectivity index (χ1v) is 8.16. The van der Waals surface area contributed by atoms with E-state index in [0.717, 1.165) is 6.07 Å². The molecule has 0 radical (unpaired) electrons. The van der Waals surface area contributed by atoms with Gasteiger partial charge in [0.15, 0.2) is 6.61 Å². The third-order valence-corrected chi connectivity index (χ3v) is 3.90. The third-order valence-electron chi connectivity index (χ3n) is 3.49. The predicted octanol–water partition coefficient (Wildman–Crippen LogP) is 3.94. The fourth-order valence-electron chi connectivity index (χ4n) is 2.07. The second-order valence-electron chi connectivity index (χ2n) is 5.57. The summed E-state index contributed by atoms with van der Waals surface area (Å²) in [5.41, 5.74) is 0.713. The molecular weight excluding hydrogens is 401 g/mol. The van der Waals surface area contributed by atoms with Crippen molar-refractivity contribution in [1.82, 2.24) is 0 Å². The molecule has 2 N–H and O–H groups in total. The lowest BCUT2D eigenvalue weighted by Crippen LogP contribution is -2.30. The number of nitrogens with one attached hydrogen (secondary N) is 2. The van der Waals surface area contributed by atoms with Crippen molar-refractivity contribution < 1.29 is 32.3 Å². The van der Waals surface area contributed by atoms with Crippen LogP contribution in [0.15, 0.2) is 42.5 Å². The number of rotatable bonds is 5. The van der Waals surface area contributed by atoms with Gasteiger partial charge in [-0.2, -0.15) is 13.2 Å². The van der Waals surface area contributed by atoms with Crippen LogP contribution in [0, 0.1) is 6.92 Å². The fraction of sp³-hybridized carbons (Fsp3) is 0.167. The number of alkyl halides is 3. The molecule has 2 amide bonds. The summed E-state index contributed by atoms with van der Waals surface area (Å²) in [5, 5.41) is 4.60. The van der Waals surface area contributed by atoms with Gasteiger partial charge in [0, 0.05) is 16.4 Å². The summed E-state index contributed by atoms with van der Waals surface area (Å²) >= 11 is 5.95. The number of anilines is 2. The van der Waals surface area contributed by atoms with Gasteiger partial charge in [-0.25, -0.2) is 4.79 Å². The van der Waals surface area contributed by atoms with E-state index in [1.54, 1.807) is 30.4 Å². The summed E-state index contributed by atoms with van der Waals surface area (Å²) in [5.74, 6) is -3.74. The Kier molecular flexibility index (Phi) is 6.63. The minimum absolute atomic E-state index is 0.133. The van der Waals surface area contributed by atoms with Crippen molar-refractivity contribution in [2.45, 2.75) is 13.1 Å². The van der Waals surface area contributed by atoms with Crippen molar-refractivity contribution in [2.75, 3.05) is 17.2 Å². The number of benzene rings is 2. The fourth-order valence-corrected chi connectivity index (χ4v) is 2.24. The third kappa shape index (κ3) is 5.71. The Bertz CT molecular complexity index is 916. The summed E-state index contributed by atoms with van der Waals surface area (Å²) in [7, 11) is 0. The number of carbonyl (C=O) groups excluding carboxylic acids is 3. The van der Waals surface area contributed by atoms with Crippen LogP contribution in [0.25, 0.3) is 0 Å². The summed E-state index contributed by atoms with van der Waals surface area (Å²) in [4.78, 5) is 34.9. The van der Waals surface area contributed by atoms with E-state index in [1.807, 2.05) is 0 Å². The van der Waals surface area contributed by atoms with Gasteiger partial charge in [0.2, 0.25) is 0 Å². The minimum Gasteiger partial charge on any atom is -0.452 e. The normalized spacial score (nSPS) is 10.9. The zero-order chi connectivity index (χ0) is 20.9. The maximum absolute atomic E-state index is 12.3. The Morgan fingerprint density at radius 3 is 2.43 bits per heavy atom. The van der Waals surface area contributed by atoms with Crippen LogP contribution in [0.3, 0.4) is 0 Å². The summed E-state index contributed by atoms with van der Waals surface area (Å²) in [6.45, 7) is 1.08. The average molecular weight is 415 g/mol. The van der Waals surface area contributed by atoms with Crippen LogP contribution in [0.2, 0.25) is 5.02 Å². The first-order chi connectivity index (χ1) is 13.1. The van der Waals surface area contributed by atoms with Crippen molar-refractivity contribution in [3.8, 4) is 0 Å². The van der Waals surface area contributed by atoms with Gasteiger partial charge in [-0.05, 0) is 42.8 Å². The topological polar surface area (TPSA) is 84.5 Å². The van der Waals surface area contributed by atoms with E-state index in [1.165, 1.54) is 18.2 Å². The van der Waals surface area contributed by atoms with Crippen LogP contribution in [0.5, 0.6) is 0 Å². The average Bonchev–Trinajstić information content (AvgIpc) is 2.63. The summed E-state index contributed by atoms with van der Waals surface area (Å²) in [6, 6.07) is 9.62. The monoisotopic (exact) mass is 414 g/mol.